The van der Waals surface area contributed by atoms with Crippen molar-refractivity contribution >= 4 is 41.7 Å². The molecule has 1 saturated heterocycles. The first-order valence-electron chi connectivity index (χ1n) is 8.99. The molecule has 1 aromatic rings. The van der Waals surface area contributed by atoms with Gasteiger partial charge in [-0.1, -0.05) is 12.1 Å². The van der Waals surface area contributed by atoms with Gasteiger partial charge in [-0.25, -0.2) is 0 Å². The molecule has 1 aromatic carbocycles. The van der Waals surface area contributed by atoms with E-state index >= 15 is 0 Å². The van der Waals surface area contributed by atoms with E-state index in [0.29, 0.717) is 0 Å². The number of thioether (sulfide) groups is 1. The minimum Gasteiger partial charge on any atom is -0.497 e. The fourth-order valence-corrected chi connectivity index (χ4v) is 3.62. The van der Waals surface area contributed by atoms with Crippen molar-refractivity contribution in [1.82, 2.24) is 10.6 Å². The zero-order chi connectivity index (χ0) is 18.0. The Balaban J connectivity index is 0.00000338. The number of aliphatic imine (C=N–C) groups is 1. The first-order valence-corrected chi connectivity index (χ1v) is 10.2. The molecular formula is C19H32IN3O2S. The highest BCUT2D eigenvalue weighted by Gasteiger charge is 2.31. The van der Waals surface area contributed by atoms with Gasteiger partial charge >= 0.3 is 0 Å². The standard InChI is InChI=1S/C19H31N3O2S.HI/c1-4-20-18(22-15-19(25-3)10-13-24-14-11-19)21-12-9-16-5-7-17(23-2)8-6-16;/h5-8H,4,9-15H2,1-3H3,(H2,20,21,22);1H. The van der Waals surface area contributed by atoms with Crippen LogP contribution in [0.4, 0.5) is 0 Å². The van der Waals surface area contributed by atoms with Gasteiger partial charge in [-0.05, 0) is 50.1 Å². The lowest BCUT2D eigenvalue weighted by Crippen LogP contribution is -2.41. The number of hydrogen-bond donors (Lipinski definition) is 2. The van der Waals surface area contributed by atoms with Gasteiger partial charge in [-0.2, -0.15) is 11.8 Å². The average Bonchev–Trinajstić information content (AvgIpc) is 2.67. The Bertz CT molecular complexity index is 534. The van der Waals surface area contributed by atoms with Crippen LogP contribution in [0.15, 0.2) is 29.3 Å². The molecule has 7 heteroatoms. The minimum absolute atomic E-state index is 0. The van der Waals surface area contributed by atoms with Crippen molar-refractivity contribution in [2.24, 2.45) is 4.99 Å². The molecule has 1 heterocycles. The van der Waals surface area contributed by atoms with Gasteiger partial charge in [0.25, 0.3) is 0 Å². The highest BCUT2D eigenvalue weighted by molar-refractivity contribution is 14.0. The van der Waals surface area contributed by atoms with E-state index in [2.05, 4.69) is 35.9 Å². The van der Waals surface area contributed by atoms with Crippen LogP contribution in [0.25, 0.3) is 0 Å². The maximum Gasteiger partial charge on any atom is 0.191 e. The molecule has 148 valence electrons. The van der Waals surface area contributed by atoms with E-state index in [9.17, 15) is 0 Å². The number of benzene rings is 1. The molecule has 0 aromatic heterocycles. The summed E-state index contributed by atoms with van der Waals surface area (Å²) < 4.78 is 10.9. The van der Waals surface area contributed by atoms with Gasteiger partial charge in [0.15, 0.2) is 5.96 Å². The largest absolute Gasteiger partial charge is 0.497 e. The molecule has 0 amide bonds. The second-order valence-electron chi connectivity index (χ2n) is 6.22. The highest BCUT2D eigenvalue weighted by Crippen LogP contribution is 2.33. The normalized spacial score (nSPS) is 16.5. The second-order valence-corrected chi connectivity index (χ2v) is 7.49. The van der Waals surface area contributed by atoms with Crippen molar-refractivity contribution in [2.45, 2.75) is 30.9 Å². The zero-order valence-corrected chi connectivity index (χ0v) is 19.2. The van der Waals surface area contributed by atoms with E-state index in [4.69, 9.17) is 14.5 Å². The van der Waals surface area contributed by atoms with Crippen LogP contribution in [0.5, 0.6) is 5.75 Å². The van der Waals surface area contributed by atoms with E-state index in [-0.39, 0.29) is 28.7 Å². The summed E-state index contributed by atoms with van der Waals surface area (Å²) in [5.41, 5.74) is 1.29. The Morgan fingerprint density at radius 1 is 1.23 bits per heavy atom. The maximum atomic E-state index is 5.51. The van der Waals surface area contributed by atoms with E-state index < -0.39 is 0 Å². The average molecular weight is 493 g/mol. The number of rotatable bonds is 8. The first-order chi connectivity index (χ1) is 12.2. The van der Waals surface area contributed by atoms with Crippen LogP contribution in [-0.2, 0) is 11.2 Å². The number of guanidine groups is 1. The molecule has 5 nitrogen and oxygen atoms in total. The van der Waals surface area contributed by atoms with Crippen LogP contribution in [0.3, 0.4) is 0 Å². The molecule has 0 saturated carbocycles. The Kier molecular flexibility index (Phi) is 11.4. The lowest BCUT2D eigenvalue weighted by molar-refractivity contribution is 0.0794. The van der Waals surface area contributed by atoms with Crippen molar-refractivity contribution in [3.05, 3.63) is 29.8 Å². The van der Waals surface area contributed by atoms with Gasteiger partial charge in [0.05, 0.1) is 13.7 Å². The van der Waals surface area contributed by atoms with Crippen LogP contribution in [0.1, 0.15) is 25.3 Å². The quantitative estimate of drug-likeness (QED) is 0.331. The lowest BCUT2D eigenvalue weighted by Gasteiger charge is -2.34. The van der Waals surface area contributed by atoms with Gasteiger partial charge in [-0.15, -0.1) is 24.0 Å². The molecule has 2 N–H and O–H groups in total. The van der Waals surface area contributed by atoms with Crippen molar-refractivity contribution in [1.29, 1.82) is 0 Å². The maximum absolute atomic E-state index is 5.51. The molecule has 2 rings (SSSR count). The Morgan fingerprint density at radius 2 is 1.92 bits per heavy atom. The SMILES string of the molecule is CCNC(=NCC1(SC)CCOCC1)NCCc1ccc(OC)cc1.I. The van der Waals surface area contributed by atoms with Gasteiger partial charge in [0.1, 0.15) is 5.75 Å². The van der Waals surface area contributed by atoms with Crippen LogP contribution in [0.2, 0.25) is 0 Å². The third-order valence-electron chi connectivity index (χ3n) is 4.57. The van der Waals surface area contributed by atoms with E-state index in [1.807, 2.05) is 23.9 Å². The number of nitrogens with one attached hydrogen (secondary N) is 2. The van der Waals surface area contributed by atoms with Gasteiger partial charge < -0.3 is 20.1 Å². The summed E-state index contributed by atoms with van der Waals surface area (Å²) >= 11 is 1.92. The van der Waals surface area contributed by atoms with E-state index in [0.717, 1.165) is 63.8 Å². The summed E-state index contributed by atoms with van der Waals surface area (Å²) in [7, 11) is 1.69. The molecule has 0 aliphatic carbocycles. The van der Waals surface area contributed by atoms with Gasteiger partial charge in [-0.3, -0.25) is 4.99 Å². The molecule has 0 radical (unpaired) electrons. The van der Waals surface area contributed by atoms with Gasteiger partial charge in [0, 0.05) is 31.1 Å². The first kappa shape index (κ1) is 23.4. The zero-order valence-electron chi connectivity index (χ0n) is 16.0. The third-order valence-corrected chi connectivity index (χ3v) is 5.98. The molecule has 1 aliphatic heterocycles. The molecule has 0 unspecified atom stereocenters. The number of hydrogen-bond acceptors (Lipinski definition) is 4. The summed E-state index contributed by atoms with van der Waals surface area (Å²) in [6, 6.07) is 8.22. The Hall–Kier alpha value is -0.670. The van der Waals surface area contributed by atoms with Crippen molar-refractivity contribution in [2.75, 3.05) is 46.2 Å². The van der Waals surface area contributed by atoms with E-state index in [1.165, 1.54) is 5.56 Å². The summed E-state index contributed by atoms with van der Waals surface area (Å²) in [4.78, 5) is 4.84. The summed E-state index contributed by atoms with van der Waals surface area (Å²) in [5.74, 6) is 1.79. The molecule has 26 heavy (non-hydrogen) atoms. The molecule has 0 atom stereocenters. The molecular weight excluding hydrogens is 461 g/mol. The van der Waals surface area contributed by atoms with Crippen LogP contribution in [0, 0.1) is 0 Å². The second kappa shape index (κ2) is 12.7. The Labute approximate surface area is 179 Å². The topological polar surface area (TPSA) is 54.9 Å². The molecule has 1 aliphatic rings. The Morgan fingerprint density at radius 3 is 2.50 bits per heavy atom. The lowest BCUT2D eigenvalue weighted by atomic mass is 9.99. The minimum atomic E-state index is 0. The van der Waals surface area contributed by atoms with Crippen molar-refractivity contribution in [3.8, 4) is 5.75 Å². The predicted molar refractivity (Wildman–Crippen MR) is 122 cm³/mol. The molecule has 0 spiro atoms. The summed E-state index contributed by atoms with van der Waals surface area (Å²) in [5, 5.41) is 6.79. The number of nitrogens with zero attached hydrogens (tertiary/aromatic N) is 1. The fourth-order valence-electron chi connectivity index (χ4n) is 2.85. The van der Waals surface area contributed by atoms with Crippen LogP contribution < -0.4 is 15.4 Å². The van der Waals surface area contributed by atoms with Crippen LogP contribution >= 0.6 is 35.7 Å². The smallest absolute Gasteiger partial charge is 0.191 e. The fraction of sp³-hybridized carbons (Fsp3) is 0.632. The predicted octanol–water partition coefficient (Wildman–Crippen LogP) is 3.32. The number of methoxy groups -OCH3 is 1. The number of halogens is 1. The number of ether oxygens (including phenoxy) is 2. The summed E-state index contributed by atoms with van der Waals surface area (Å²) in [6.45, 7) is 6.34. The van der Waals surface area contributed by atoms with E-state index in [1.54, 1.807) is 7.11 Å². The summed E-state index contributed by atoms with van der Waals surface area (Å²) in [6.07, 6.45) is 5.28. The third kappa shape index (κ3) is 7.52. The van der Waals surface area contributed by atoms with Gasteiger partial charge in [0.2, 0.25) is 0 Å². The highest BCUT2D eigenvalue weighted by atomic mass is 127. The van der Waals surface area contributed by atoms with Crippen molar-refractivity contribution in [3.63, 3.8) is 0 Å². The monoisotopic (exact) mass is 493 g/mol. The molecule has 0 bridgehead atoms. The molecule has 1 fully saturated rings. The van der Waals surface area contributed by atoms with Crippen molar-refractivity contribution < 1.29 is 9.47 Å². The van der Waals surface area contributed by atoms with Crippen LogP contribution in [-0.4, -0.2) is 56.9 Å².